The predicted octanol–water partition coefficient (Wildman–Crippen LogP) is 1.51. The number of nitrogens with two attached hydrogens (primary N) is 5. The van der Waals surface area contributed by atoms with Crippen molar-refractivity contribution in [3.63, 3.8) is 0 Å². The molecule has 0 aliphatic heterocycles. The van der Waals surface area contributed by atoms with E-state index in [0.717, 1.165) is 11.1 Å². The van der Waals surface area contributed by atoms with Crippen molar-refractivity contribution < 1.29 is 9.90 Å². The lowest BCUT2D eigenvalue weighted by atomic mass is 10.2. The van der Waals surface area contributed by atoms with Gasteiger partial charge in [0.15, 0.2) is 0 Å². The first kappa shape index (κ1) is 23.0. The maximum atomic E-state index is 8.78. The molecule has 2 aromatic carbocycles. The van der Waals surface area contributed by atoms with E-state index in [1.165, 1.54) is 0 Å². The van der Waals surface area contributed by atoms with Gasteiger partial charge in [0.25, 0.3) is 0 Å². The van der Waals surface area contributed by atoms with Crippen LogP contribution in [0.3, 0.4) is 0 Å². The van der Waals surface area contributed by atoms with Crippen molar-refractivity contribution in [3.05, 3.63) is 83.9 Å². The molecule has 0 aliphatic rings. The standard InChI is InChI=1S/2C9H12N2.CH3NO2/c2*10-9(11)7-6-8-4-2-1-3-5-8;2-1(3)4/h2*1-7,9H,10-11H2;2H2,(H,3,4). The van der Waals surface area contributed by atoms with Gasteiger partial charge < -0.3 is 33.8 Å². The second kappa shape index (κ2) is 14.4. The van der Waals surface area contributed by atoms with E-state index in [-0.39, 0.29) is 12.3 Å². The molecule has 0 bridgehead atoms. The maximum Gasteiger partial charge on any atom is 0.402 e. The summed E-state index contributed by atoms with van der Waals surface area (Å²) in [7, 11) is 0. The van der Waals surface area contributed by atoms with Crippen molar-refractivity contribution in [3.8, 4) is 0 Å². The summed E-state index contributed by atoms with van der Waals surface area (Å²) in [6.07, 6.45) is 5.27. The molecule has 0 radical (unpaired) electrons. The fourth-order valence-corrected chi connectivity index (χ4v) is 1.57. The number of carbonyl (C=O) groups is 1. The van der Waals surface area contributed by atoms with Crippen LogP contribution >= 0.6 is 0 Å². The minimum Gasteiger partial charge on any atom is -0.465 e. The Morgan fingerprint density at radius 1 is 0.731 bits per heavy atom. The Labute approximate surface area is 153 Å². The van der Waals surface area contributed by atoms with Gasteiger partial charge in [-0.1, -0.05) is 85.0 Å². The van der Waals surface area contributed by atoms with Gasteiger partial charge in [-0.05, 0) is 11.1 Å². The van der Waals surface area contributed by atoms with Crippen LogP contribution in [-0.2, 0) is 0 Å². The first-order valence-corrected chi connectivity index (χ1v) is 7.78. The Morgan fingerprint density at radius 2 is 1.00 bits per heavy atom. The van der Waals surface area contributed by atoms with Gasteiger partial charge in [-0.3, -0.25) is 0 Å². The molecule has 140 valence electrons. The van der Waals surface area contributed by atoms with E-state index in [4.69, 9.17) is 32.8 Å². The summed E-state index contributed by atoms with van der Waals surface area (Å²) in [6, 6.07) is 19.8. The Morgan fingerprint density at radius 3 is 1.23 bits per heavy atom. The van der Waals surface area contributed by atoms with Crippen molar-refractivity contribution in [2.75, 3.05) is 0 Å². The molecule has 0 saturated carbocycles. The summed E-state index contributed by atoms with van der Waals surface area (Å²) >= 11 is 0. The number of rotatable bonds is 4. The van der Waals surface area contributed by atoms with Gasteiger partial charge in [0, 0.05) is 0 Å². The van der Waals surface area contributed by atoms with Crippen LogP contribution in [-0.4, -0.2) is 23.5 Å². The smallest absolute Gasteiger partial charge is 0.402 e. The largest absolute Gasteiger partial charge is 0.465 e. The minimum atomic E-state index is -1.33. The molecule has 7 heteroatoms. The van der Waals surface area contributed by atoms with Gasteiger partial charge in [-0.2, -0.15) is 0 Å². The van der Waals surface area contributed by atoms with Crippen LogP contribution in [0.4, 0.5) is 4.79 Å². The van der Waals surface area contributed by atoms with Crippen molar-refractivity contribution in [1.82, 2.24) is 0 Å². The first-order valence-electron chi connectivity index (χ1n) is 7.78. The van der Waals surface area contributed by atoms with Crippen LogP contribution < -0.4 is 28.7 Å². The summed E-state index contributed by atoms with van der Waals surface area (Å²) in [5.74, 6) is 0. The topological polar surface area (TPSA) is 167 Å². The van der Waals surface area contributed by atoms with Crippen molar-refractivity contribution in [2.45, 2.75) is 12.3 Å². The quantitative estimate of drug-likeness (QED) is 0.453. The van der Waals surface area contributed by atoms with E-state index < -0.39 is 6.09 Å². The molecule has 0 atom stereocenters. The number of carboxylic acid groups (broad SMARTS) is 1. The lowest BCUT2D eigenvalue weighted by Crippen LogP contribution is -2.27. The van der Waals surface area contributed by atoms with Gasteiger partial charge >= 0.3 is 6.09 Å². The molecule has 1 amide bonds. The highest BCUT2D eigenvalue weighted by atomic mass is 16.4. The van der Waals surface area contributed by atoms with Crippen molar-refractivity contribution in [1.29, 1.82) is 0 Å². The molecule has 0 aliphatic carbocycles. The molecule has 0 spiro atoms. The second-order valence-corrected chi connectivity index (χ2v) is 5.03. The van der Waals surface area contributed by atoms with Crippen molar-refractivity contribution >= 4 is 18.2 Å². The van der Waals surface area contributed by atoms with E-state index in [2.05, 4.69) is 5.73 Å². The van der Waals surface area contributed by atoms with Crippen LogP contribution in [0.15, 0.2) is 72.8 Å². The SMILES string of the molecule is NC(=O)O.NC(N)C=Cc1ccccc1.NC(N)C=Cc1ccccc1. The number of hydrogen-bond donors (Lipinski definition) is 6. The third-order valence-corrected chi connectivity index (χ3v) is 2.62. The number of primary amides is 1. The summed E-state index contributed by atoms with van der Waals surface area (Å²) in [5, 5.41) is 7.19. The Balaban J connectivity index is 0.000000401. The summed E-state index contributed by atoms with van der Waals surface area (Å²) < 4.78 is 0. The number of hydrogen-bond acceptors (Lipinski definition) is 5. The average Bonchev–Trinajstić information content (AvgIpc) is 2.60. The molecule has 0 aromatic heterocycles. The minimum absolute atomic E-state index is 0.366. The van der Waals surface area contributed by atoms with Gasteiger partial charge in [0.1, 0.15) is 0 Å². The third-order valence-electron chi connectivity index (χ3n) is 2.62. The van der Waals surface area contributed by atoms with Crippen LogP contribution in [0.1, 0.15) is 11.1 Å². The van der Waals surface area contributed by atoms with Crippen LogP contribution in [0.2, 0.25) is 0 Å². The Bertz CT molecular complexity index is 599. The van der Waals surface area contributed by atoms with Gasteiger partial charge in [-0.25, -0.2) is 4.79 Å². The number of benzene rings is 2. The Hall–Kier alpha value is -2.97. The molecule has 26 heavy (non-hydrogen) atoms. The lowest BCUT2D eigenvalue weighted by molar-refractivity contribution is 0.205. The zero-order chi connectivity index (χ0) is 19.8. The van der Waals surface area contributed by atoms with Gasteiger partial charge in [0.05, 0.1) is 12.3 Å². The molecule has 2 aromatic rings. The molecular weight excluding hydrogens is 330 g/mol. The van der Waals surface area contributed by atoms with E-state index >= 15 is 0 Å². The highest BCUT2D eigenvalue weighted by molar-refractivity contribution is 5.61. The molecule has 0 heterocycles. The van der Waals surface area contributed by atoms with Crippen LogP contribution in [0.25, 0.3) is 12.2 Å². The lowest BCUT2D eigenvalue weighted by Gasteiger charge is -1.94. The molecular formula is C19H27N5O2. The highest BCUT2D eigenvalue weighted by Gasteiger charge is 1.85. The summed E-state index contributed by atoms with van der Waals surface area (Å²) in [4.78, 5) is 8.78. The van der Waals surface area contributed by atoms with Gasteiger partial charge in [-0.15, -0.1) is 0 Å². The molecule has 7 nitrogen and oxygen atoms in total. The third kappa shape index (κ3) is 15.9. The first-order chi connectivity index (χ1) is 12.3. The predicted molar refractivity (Wildman–Crippen MR) is 107 cm³/mol. The van der Waals surface area contributed by atoms with Gasteiger partial charge in [0.2, 0.25) is 0 Å². The molecule has 2 rings (SSSR count). The van der Waals surface area contributed by atoms with E-state index in [9.17, 15) is 0 Å². The molecule has 11 N–H and O–H groups in total. The molecule has 0 unspecified atom stereocenters. The zero-order valence-electron chi connectivity index (χ0n) is 14.5. The number of amides is 1. The maximum absolute atomic E-state index is 8.78. The van der Waals surface area contributed by atoms with E-state index in [1.807, 2.05) is 72.8 Å². The van der Waals surface area contributed by atoms with E-state index in [0.29, 0.717) is 0 Å². The van der Waals surface area contributed by atoms with Crippen molar-refractivity contribution in [2.24, 2.45) is 28.7 Å². The Kier molecular flexibility index (Phi) is 12.7. The summed E-state index contributed by atoms with van der Waals surface area (Å²) in [5.41, 5.74) is 27.6. The fourth-order valence-electron chi connectivity index (χ4n) is 1.57. The molecule has 0 saturated heterocycles. The summed E-state index contributed by atoms with van der Waals surface area (Å²) in [6.45, 7) is 0. The zero-order valence-corrected chi connectivity index (χ0v) is 14.5. The van der Waals surface area contributed by atoms with E-state index in [1.54, 1.807) is 12.2 Å². The normalized spacial score (nSPS) is 10.4. The van der Waals surface area contributed by atoms with Crippen LogP contribution in [0.5, 0.6) is 0 Å². The molecule has 0 fully saturated rings. The van der Waals surface area contributed by atoms with Crippen LogP contribution in [0, 0.1) is 0 Å². The monoisotopic (exact) mass is 357 g/mol. The highest BCUT2D eigenvalue weighted by Crippen LogP contribution is 2.00. The fraction of sp³-hybridized carbons (Fsp3) is 0.105. The second-order valence-electron chi connectivity index (χ2n) is 5.03. The average molecular weight is 357 g/mol.